The van der Waals surface area contributed by atoms with Gasteiger partial charge in [-0.05, 0) is 37.3 Å². The Morgan fingerprint density at radius 3 is 2.18 bits per heavy atom. The van der Waals surface area contributed by atoms with E-state index >= 15 is 0 Å². The number of amides is 1. The minimum atomic E-state index is -2.23. The van der Waals surface area contributed by atoms with Crippen molar-refractivity contribution >= 4 is 16.9 Å². The van der Waals surface area contributed by atoms with E-state index in [0.717, 1.165) is 0 Å². The number of hydrogen-bond acceptors (Lipinski definition) is 4. The highest BCUT2D eigenvalue weighted by Crippen LogP contribution is 2.40. The lowest BCUT2D eigenvalue weighted by molar-refractivity contribution is 0.0944. The minimum absolute atomic E-state index is 0.0307. The van der Waals surface area contributed by atoms with E-state index in [4.69, 9.17) is 5.11 Å². The molecule has 3 aromatic carbocycles. The SMILES string of the molecule is CCn1c(C(O)(c2ccccc2F)c2ccccc2F)nc2ccc(C(=O)NCCO)cc21. The number of imidazole rings is 1. The summed E-state index contributed by atoms with van der Waals surface area (Å²) in [6.45, 7) is 2.05. The largest absolute Gasteiger partial charge is 0.395 e. The van der Waals surface area contributed by atoms with Crippen LogP contribution in [-0.2, 0) is 12.1 Å². The van der Waals surface area contributed by atoms with E-state index in [1.807, 2.05) is 6.92 Å². The van der Waals surface area contributed by atoms with E-state index in [-0.39, 0.29) is 36.0 Å². The van der Waals surface area contributed by atoms with Gasteiger partial charge in [-0.3, -0.25) is 4.79 Å². The summed E-state index contributed by atoms with van der Waals surface area (Å²) in [5.74, 6) is -1.76. The smallest absolute Gasteiger partial charge is 0.251 e. The molecule has 1 heterocycles. The van der Waals surface area contributed by atoms with Crippen molar-refractivity contribution in [3.8, 4) is 0 Å². The number of aryl methyl sites for hydroxylation is 1. The summed E-state index contributed by atoms with van der Waals surface area (Å²) in [6, 6.07) is 16.1. The van der Waals surface area contributed by atoms with Crippen molar-refractivity contribution in [3.05, 3.63) is 101 Å². The van der Waals surface area contributed by atoms with Crippen molar-refractivity contribution in [2.75, 3.05) is 13.2 Å². The number of hydrogen-bond donors (Lipinski definition) is 3. The molecule has 1 amide bonds. The number of carbonyl (C=O) groups is 1. The third-order valence-corrected chi connectivity index (χ3v) is 5.57. The van der Waals surface area contributed by atoms with Gasteiger partial charge in [0.1, 0.15) is 11.6 Å². The van der Waals surface area contributed by atoms with Crippen LogP contribution in [0.15, 0.2) is 66.7 Å². The van der Waals surface area contributed by atoms with Crippen LogP contribution in [0.1, 0.15) is 34.2 Å². The number of nitrogens with zero attached hydrogens (tertiary/aromatic N) is 2. The second-order valence-electron chi connectivity index (χ2n) is 7.53. The summed E-state index contributed by atoms with van der Waals surface area (Å²) in [6.07, 6.45) is 0. The zero-order chi connectivity index (χ0) is 23.6. The molecule has 0 spiro atoms. The molecule has 0 fully saturated rings. The summed E-state index contributed by atoms with van der Waals surface area (Å²) in [5.41, 5.74) is -1.20. The first-order chi connectivity index (χ1) is 15.9. The van der Waals surface area contributed by atoms with E-state index in [9.17, 15) is 18.7 Å². The number of benzene rings is 3. The molecule has 0 atom stereocenters. The number of aromatic nitrogens is 2. The number of halogens is 2. The molecule has 0 saturated carbocycles. The first-order valence-corrected chi connectivity index (χ1v) is 10.5. The number of aliphatic hydroxyl groups is 2. The van der Waals surface area contributed by atoms with Crippen LogP contribution in [0.2, 0.25) is 0 Å². The Kier molecular flexibility index (Phi) is 6.22. The second-order valence-corrected chi connectivity index (χ2v) is 7.53. The average Bonchev–Trinajstić information content (AvgIpc) is 3.21. The fourth-order valence-corrected chi connectivity index (χ4v) is 4.03. The Hall–Kier alpha value is -3.62. The van der Waals surface area contributed by atoms with Gasteiger partial charge in [0.2, 0.25) is 0 Å². The van der Waals surface area contributed by atoms with Crippen LogP contribution in [-0.4, -0.2) is 38.8 Å². The fraction of sp³-hybridized carbons (Fsp3) is 0.200. The maximum absolute atomic E-state index is 15.0. The molecule has 0 unspecified atom stereocenters. The molecular formula is C25H23F2N3O3. The average molecular weight is 451 g/mol. The molecule has 6 nitrogen and oxygen atoms in total. The third-order valence-electron chi connectivity index (χ3n) is 5.57. The van der Waals surface area contributed by atoms with Crippen LogP contribution in [0.25, 0.3) is 11.0 Å². The number of rotatable bonds is 7. The van der Waals surface area contributed by atoms with Gasteiger partial charge in [0.05, 0.1) is 17.6 Å². The lowest BCUT2D eigenvalue weighted by atomic mass is 9.84. The van der Waals surface area contributed by atoms with Crippen LogP contribution >= 0.6 is 0 Å². The molecule has 1 aromatic heterocycles. The lowest BCUT2D eigenvalue weighted by Gasteiger charge is -2.30. The molecule has 33 heavy (non-hydrogen) atoms. The molecule has 0 bridgehead atoms. The van der Waals surface area contributed by atoms with Crippen LogP contribution in [0.3, 0.4) is 0 Å². The van der Waals surface area contributed by atoms with E-state index in [0.29, 0.717) is 23.1 Å². The van der Waals surface area contributed by atoms with Gasteiger partial charge in [0.25, 0.3) is 5.91 Å². The molecule has 0 aliphatic carbocycles. The third kappa shape index (κ3) is 3.88. The van der Waals surface area contributed by atoms with Crippen LogP contribution in [0.4, 0.5) is 8.78 Å². The maximum Gasteiger partial charge on any atom is 0.251 e. The number of fused-ring (bicyclic) bond motifs is 1. The van der Waals surface area contributed by atoms with Crippen molar-refractivity contribution in [1.82, 2.24) is 14.9 Å². The van der Waals surface area contributed by atoms with Gasteiger partial charge in [-0.25, -0.2) is 13.8 Å². The van der Waals surface area contributed by atoms with Crippen molar-refractivity contribution in [2.24, 2.45) is 0 Å². The Bertz CT molecular complexity index is 1270. The Morgan fingerprint density at radius 2 is 1.64 bits per heavy atom. The van der Waals surface area contributed by atoms with Gasteiger partial charge in [-0.1, -0.05) is 36.4 Å². The van der Waals surface area contributed by atoms with Gasteiger partial charge in [0, 0.05) is 29.8 Å². The van der Waals surface area contributed by atoms with Gasteiger partial charge < -0.3 is 20.1 Å². The van der Waals surface area contributed by atoms with Crippen LogP contribution < -0.4 is 5.32 Å². The monoisotopic (exact) mass is 451 g/mol. The predicted octanol–water partition coefficient (Wildman–Crippen LogP) is 3.34. The highest BCUT2D eigenvalue weighted by atomic mass is 19.1. The highest BCUT2D eigenvalue weighted by molar-refractivity contribution is 5.97. The van der Waals surface area contributed by atoms with Crippen molar-refractivity contribution in [1.29, 1.82) is 0 Å². The summed E-state index contributed by atoms with van der Waals surface area (Å²) >= 11 is 0. The van der Waals surface area contributed by atoms with Gasteiger partial charge >= 0.3 is 0 Å². The highest BCUT2D eigenvalue weighted by Gasteiger charge is 2.42. The summed E-state index contributed by atoms with van der Waals surface area (Å²) < 4.78 is 31.6. The normalized spacial score (nSPS) is 11.7. The molecule has 0 aliphatic heterocycles. The quantitative estimate of drug-likeness (QED) is 0.402. The van der Waals surface area contributed by atoms with Gasteiger partial charge in [0.15, 0.2) is 11.4 Å². The summed E-state index contributed by atoms with van der Waals surface area (Å²) in [5, 5.41) is 23.6. The zero-order valence-corrected chi connectivity index (χ0v) is 17.9. The lowest BCUT2D eigenvalue weighted by Crippen LogP contribution is -2.34. The molecule has 3 N–H and O–H groups in total. The minimum Gasteiger partial charge on any atom is -0.395 e. The maximum atomic E-state index is 15.0. The van der Waals surface area contributed by atoms with Gasteiger partial charge in [-0.2, -0.15) is 0 Å². The molecule has 170 valence electrons. The summed E-state index contributed by atoms with van der Waals surface area (Å²) in [4.78, 5) is 16.9. The van der Waals surface area contributed by atoms with E-state index in [2.05, 4.69) is 10.3 Å². The van der Waals surface area contributed by atoms with E-state index < -0.39 is 17.2 Å². The van der Waals surface area contributed by atoms with Crippen LogP contribution in [0, 0.1) is 11.6 Å². The van der Waals surface area contributed by atoms with Gasteiger partial charge in [-0.15, -0.1) is 0 Å². The zero-order valence-electron chi connectivity index (χ0n) is 17.9. The first kappa shape index (κ1) is 22.6. The van der Waals surface area contributed by atoms with E-state index in [1.165, 1.54) is 36.4 Å². The standard InChI is InChI=1S/C25H23F2N3O3/c1-2-30-22-15-16(23(32)28-13-14-31)11-12-21(22)29-24(30)25(33,17-7-3-5-9-19(17)26)18-8-4-6-10-20(18)27/h3-12,15,31,33H,2,13-14H2,1H3,(H,28,32). The molecular weight excluding hydrogens is 428 g/mol. The van der Waals surface area contributed by atoms with Crippen molar-refractivity contribution in [2.45, 2.75) is 19.1 Å². The molecule has 0 saturated heterocycles. The molecule has 0 aliphatic rings. The fourth-order valence-electron chi connectivity index (χ4n) is 4.03. The Morgan fingerprint density at radius 1 is 1.03 bits per heavy atom. The number of carbonyl (C=O) groups excluding carboxylic acids is 1. The predicted molar refractivity (Wildman–Crippen MR) is 120 cm³/mol. The molecule has 4 aromatic rings. The first-order valence-electron chi connectivity index (χ1n) is 10.5. The van der Waals surface area contributed by atoms with Crippen LogP contribution in [0.5, 0.6) is 0 Å². The van der Waals surface area contributed by atoms with E-state index in [1.54, 1.807) is 34.9 Å². The van der Waals surface area contributed by atoms with Crippen molar-refractivity contribution < 1.29 is 23.8 Å². The molecule has 4 rings (SSSR count). The topological polar surface area (TPSA) is 87.4 Å². The number of nitrogens with one attached hydrogen (secondary N) is 1. The molecule has 0 radical (unpaired) electrons. The van der Waals surface area contributed by atoms with Crippen molar-refractivity contribution in [3.63, 3.8) is 0 Å². The summed E-state index contributed by atoms with van der Waals surface area (Å²) in [7, 11) is 0. The second kappa shape index (κ2) is 9.09. The Balaban J connectivity index is 1.99. The number of aliphatic hydroxyl groups excluding tert-OH is 1. The molecule has 8 heteroatoms. The Labute approximate surface area is 189 Å².